The van der Waals surface area contributed by atoms with Crippen molar-refractivity contribution in [2.75, 3.05) is 0 Å². The zero-order chi connectivity index (χ0) is 23.3. The van der Waals surface area contributed by atoms with Gasteiger partial charge in [-0.25, -0.2) is 4.98 Å². The minimum absolute atomic E-state index is 0.0866. The van der Waals surface area contributed by atoms with Gasteiger partial charge in [-0.1, -0.05) is 30.3 Å². The molecule has 1 aliphatic carbocycles. The van der Waals surface area contributed by atoms with E-state index in [1.54, 1.807) is 12.4 Å². The summed E-state index contributed by atoms with van der Waals surface area (Å²) < 4.78 is 6.02. The largest absolute Gasteiger partial charge is 0.481 e. The van der Waals surface area contributed by atoms with Crippen LogP contribution in [-0.4, -0.2) is 42.3 Å². The highest BCUT2D eigenvalue weighted by molar-refractivity contribution is 5.67. The van der Waals surface area contributed by atoms with Crippen molar-refractivity contribution in [2.45, 2.75) is 38.2 Å². The molecule has 3 aromatic heterocycles. The molecule has 0 radical (unpaired) electrons. The third kappa shape index (κ3) is 5.11. The van der Waals surface area contributed by atoms with Gasteiger partial charge in [0.15, 0.2) is 11.6 Å². The third-order valence-corrected chi connectivity index (χ3v) is 6.15. The van der Waals surface area contributed by atoms with Crippen LogP contribution >= 0.6 is 0 Å². The molecule has 8 nitrogen and oxygen atoms in total. The lowest BCUT2D eigenvalue weighted by Gasteiger charge is -2.27. The Labute approximate surface area is 197 Å². The van der Waals surface area contributed by atoms with Gasteiger partial charge < -0.3 is 14.8 Å². The summed E-state index contributed by atoms with van der Waals surface area (Å²) in [5.74, 6) is 1.49. The van der Waals surface area contributed by atoms with Gasteiger partial charge in [0.1, 0.15) is 6.10 Å². The molecular formula is C26H25N5O3. The highest BCUT2D eigenvalue weighted by Crippen LogP contribution is 2.30. The lowest BCUT2D eigenvalue weighted by atomic mass is 9.85. The van der Waals surface area contributed by atoms with Crippen LogP contribution in [0.4, 0.5) is 0 Å². The summed E-state index contributed by atoms with van der Waals surface area (Å²) in [4.78, 5) is 23.1. The van der Waals surface area contributed by atoms with E-state index in [9.17, 15) is 4.79 Å². The highest BCUT2D eigenvalue weighted by Gasteiger charge is 2.24. The topological polar surface area (TPSA) is 114 Å². The molecule has 8 heteroatoms. The molecule has 0 spiro atoms. The summed E-state index contributed by atoms with van der Waals surface area (Å²) >= 11 is 0. The normalized spacial score (nSPS) is 17.9. The SMILES string of the molecule is O=C(O)C[C@H]1CC[C@@H](Oc2ccc(-c3ccc(-c4nnc(-c5ccccc5)[nH]4)cn3)cn2)CC1. The Morgan fingerprint density at radius 3 is 2.21 bits per heavy atom. The van der Waals surface area contributed by atoms with Gasteiger partial charge >= 0.3 is 5.97 Å². The van der Waals surface area contributed by atoms with Crippen LogP contribution in [-0.2, 0) is 4.79 Å². The molecule has 0 unspecified atom stereocenters. The number of nitrogens with one attached hydrogen (secondary N) is 1. The Morgan fingerprint density at radius 1 is 0.853 bits per heavy atom. The second-order valence-electron chi connectivity index (χ2n) is 8.56. The Bertz CT molecular complexity index is 1230. The zero-order valence-electron chi connectivity index (χ0n) is 18.6. The molecule has 1 fully saturated rings. The Kier molecular flexibility index (Phi) is 6.29. The third-order valence-electron chi connectivity index (χ3n) is 6.15. The number of carboxylic acids is 1. The van der Waals surface area contributed by atoms with E-state index in [4.69, 9.17) is 9.84 Å². The van der Waals surface area contributed by atoms with Crippen molar-refractivity contribution in [1.82, 2.24) is 25.1 Å². The number of pyridine rings is 2. The van der Waals surface area contributed by atoms with Crippen LogP contribution in [0.25, 0.3) is 34.0 Å². The van der Waals surface area contributed by atoms with E-state index >= 15 is 0 Å². The number of carboxylic acid groups (broad SMARTS) is 1. The highest BCUT2D eigenvalue weighted by atomic mass is 16.5. The number of nitrogens with zero attached hydrogens (tertiary/aromatic N) is 4. The van der Waals surface area contributed by atoms with Gasteiger partial charge in [0.25, 0.3) is 0 Å². The summed E-state index contributed by atoms with van der Waals surface area (Å²) in [5.41, 5.74) is 3.53. The first-order chi connectivity index (χ1) is 16.6. The Morgan fingerprint density at radius 2 is 1.56 bits per heavy atom. The molecule has 34 heavy (non-hydrogen) atoms. The molecular weight excluding hydrogens is 430 g/mol. The van der Waals surface area contributed by atoms with E-state index < -0.39 is 5.97 Å². The zero-order valence-corrected chi connectivity index (χ0v) is 18.6. The van der Waals surface area contributed by atoms with Crippen molar-refractivity contribution < 1.29 is 14.6 Å². The van der Waals surface area contributed by atoms with E-state index in [-0.39, 0.29) is 18.4 Å². The summed E-state index contributed by atoms with van der Waals surface area (Å²) in [6.07, 6.45) is 7.34. The molecule has 0 saturated heterocycles. The van der Waals surface area contributed by atoms with Gasteiger partial charge in [-0.15, -0.1) is 10.2 Å². The quantitative estimate of drug-likeness (QED) is 0.403. The van der Waals surface area contributed by atoms with Crippen LogP contribution < -0.4 is 4.74 Å². The van der Waals surface area contributed by atoms with Crippen molar-refractivity contribution in [2.24, 2.45) is 5.92 Å². The molecule has 5 rings (SSSR count). The van der Waals surface area contributed by atoms with Crippen molar-refractivity contribution in [3.05, 3.63) is 67.0 Å². The number of ether oxygens (including phenoxy) is 1. The number of aromatic nitrogens is 5. The average molecular weight is 456 g/mol. The molecule has 1 aliphatic rings. The van der Waals surface area contributed by atoms with E-state index in [1.165, 1.54) is 0 Å². The molecule has 3 heterocycles. The number of aromatic amines is 1. The molecule has 0 amide bonds. The van der Waals surface area contributed by atoms with Gasteiger partial charge in [-0.3, -0.25) is 9.78 Å². The number of aliphatic carboxylic acids is 1. The van der Waals surface area contributed by atoms with E-state index in [0.717, 1.165) is 53.9 Å². The van der Waals surface area contributed by atoms with Crippen LogP contribution in [0.1, 0.15) is 32.1 Å². The molecule has 4 aromatic rings. The number of carbonyl (C=O) groups is 1. The van der Waals surface area contributed by atoms with Gasteiger partial charge in [0, 0.05) is 41.6 Å². The maximum Gasteiger partial charge on any atom is 0.303 e. The fourth-order valence-corrected chi connectivity index (χ4v) is 4.30. The average Bonchev–Trinajstić information content (AvgIpc) is 3.37. The van der Waals surface area contributed by atoms with Crippen LogP contribution in [0, 0.1) is 5.92 Å². The number of hydrogen-bond acceptors (Lipinski definition) is 6. The van der Waals surface area contributed by atoms with Gasteiger partial charge in [-0.05, 0) is 49.8 Å². The minimum atomic E-state index is -0.721. The summed E-state index contributed by atoms with van der Waals surface area (Å²) in [6.45, 7) is 0. The second kappa shape index (κ2) is 9.82. The lowest BCUT2D eigenvalue weighted by molar-refractivity contribution is -0.138. The second-order valence-corrected chi connectivity index (χ2v) is 8.56. The standard InChI is InChI=1S/C26H25N5O3/c32-24(33)14-17-6-10-21(11-7-17)34-23-13-9-19(15-28-23)22-12-8-20(16-27-22)26-29-25(30-31-26)18-4-2-1-3-5-18/h1-5,8-9,12-13,15-17,21H,6-7,10-11,14H2,(H,32,33)(H,29,30,31)/t17-,21+. The summed E-state index contributed by atoms with van der Waals surface area (Å²) in [5, 5.41) is 17.4. The number of rotatable bonds is 7. The van der Waals surface area contributed by atoms with E-state index in [0.29, 0.717) is 11.7 Å². The minimum Gasteiger partial charge on any atom is -0.481 e. The summed E-state index contributed by atoms with van der Waals surface area (Å²) in [6, 6.07) is 17.5. The molecule has 0 atom stereocenters. The Balaban J connectivity index is 1.20. The van der Waals surface area contributed by atoms with Crippen LogP contribution in [0.15, 0.2) is 67.0 Å². The first-order valence-corrected chi connectivity index (χ1v) is 11.4. The molecule has 172 valence electrons. The fraction of sp³-hybridized carbons (Fsp3) is 0.269. The van der Waals surface area contributed by atoms with Gasteiger partial charge in [0.2, 0.25) is 5.88 Å². The fourth-order valence-electron chi connectivity index (χ4n) is 4.30. The molecule has 0 bridgehead atoms. The monoisotopic (exact) mass is 455 g/mol. The predicted molar refractivity (Wildman–Crippen MR) is 127 cm³/mol. The van der Waals surface area contributed by atoms with Crippen LogP contribution in [0.2, 0.25) is 0 Å². The molecule has 1 saturated carbocycles. The smallest absolute Gasteiger partial charge is 0.303 e. The van der Waals surface area contributed by atoms with Gasteiger partial charge in [0.05, 0.1) is 5.69 Å². The van der Waals surface area contributed by atoms with Crippen molar-refractivity contribution >= 4 is 5.97 Å². The van der Waals surface area contributed by atoms with Crippen molar-refractivity contribution in [1.29, 1.82) is 0 Å². The lowest BCUT2D eigenvalue weighted by Crippen LogP contribution is -2.25. The first kappa shape index (κ1) is 21.8. The van der Waals surface area contributed by atoms with Crippen LogP contribution in [0.3, 0.4) is 0 Å². The van der Waals surface area contributed by atoms with E-state index in [1.807, 2.05) is 54.6 Å². The maximum absolute atomic E-state index is 10.9. The predicted octanol–water partition coefficient (Wildman–Crippen LogP) is 5.01. The number of benzene rings is 1. The number of H-pyrrole nitrogens is 1. The molecule has 1 aromatic carbocycles. The van der Waals surface area contributed by atoms with Crippen molar-refractivity contribution in [3.63, 3.8) is 0 Å². The molecule has 2 N–H and O–H groups in total. The maximum atomic E-state index is 10.9. The van der Waals surface area contributed by atoms with Gasteiger partial charge in [-0.2, -0.15) is 0 Å². The van der Waals surface area contributed by atoms with Crippen LogP contribution in [0.5, 0.6) is 5.88 Å². The number of hydrogen-bond donors (Lipinski definition) is 2. The Hall–Kier alpha value is -4.07. The first-order valence-electron chi connectivity index (χ1n) is 11.4. The van der Waals surface area contributed by atoms with Crippen molar-refractivity contribution in [3.8, 4) is 39.9 Å². The molecule has 0 aliphatic heterocycles. The summed E-state index contributed by atoms with van der Waals surface area (Å²) in [7, 11) is 0. The van der Waals surface area contributed by atoms with E-state index in [2.05, 4.69) is 25.1 Å².